The summed E-state index contributed by atoms with van der Waals surface area (Å²) in [5, 5.41) is 12.0. The van der Waals surface area contributed by atoms with Gasteiger partial charge in [-0.3, -0.25) is 0 Å². The lowest BCUT2D eigenvalue weighted by atomic mass is 9.97. The highest BCUT2D eigenvalue weighted by molar-refractivity contribution is 7.27. The van der Waals surface area contributed by atoms with E-state index in [0.717, 1.165) is 22.0 Å². The van der Waals surface area contributed by atoms with E-state index in [0.29, 0.717) is 10.9 Å². The fourth-order valence-electron chi connectivity index (χ4n) is 2.06. The van der Waals surface area contributed by atoms with E-state index < -0.39 is 0 Å². The maximum absolute atomic E-state index is 10.2. The largest absolute Gasteiger partial charge is 0.507 e. The second-order valence-corrected chi connectivity index (χ2v) is 6.15. The summed E-state index contributed by atoms with van der Waals surface area (Å²) in [6.45, 7) is 10.2. The van der Waals surface area contributed by atoms with Gasteiger partial charge in [-0.2, -0.15) is 0 Å². The highest BCUT2D eigenvalue weighted by atomic mass is 35.5. The van der Waals surface area contributed by atoms with Crippen molar-refractivity contribution in [3.05, 3.63) is 46.5 Å². The third-order valence-electron chi connectivity index (χ3n) is 3.33. The number of aryl methyl sites for hydroxylation is 1. The van der Waals surface area contributed by atoms with Gasteiger partial charge in [0.1, 0.15) is 5.75 Å². The third-order valence-corrected chi connectivity index (χ3v) is 4.28. The Morgan fingerprint density at radius 3 is 2.24 bits per heavy atom. The summed E-state index contributed by atoms with van der Waals surface area (Å²) >= 11 is 6.30. The lowest BCUT2D eigenvalue weighted by Gasteiger charge is -2.13. The van der Waals surface area contributed by atoms with Gasteiger partial charge in [-0.25, -0.2) is 0 Å². The summed E-state index contributed by atoms with van der Waals surface area (Å²) in [4.78, 5) is 0. The number of benzene rings is 2. The van der Waals surface area contributed by atoms with Crippen LogP contribution in [0.15, 0.2) is 30.3 Å². The monoisotopic (exact) mass is 322 g/mol. The summed E-state index contributed by atoms with van der Waals surface area (Å²) in [6, 6.07) is 9.71. The molecule has 1 unspecified atom stereocenters. The van der Waals surface area contributed by atoms with Crippen molar-refractivity contribution < 1.29 is 5.11 Å². The molecule has 114 valence electrons. The number of aromatic hydroxyl groups is 1. The van der Waals surface area contributed by atoms with Crippen molar-refractivity contribution in [2.45, 2.75) is 40.5 Å². The number of halogens is 1. The van der Waals surface area contributed by atoms with Gasteiger partial charge in [-0.1, -0.05) is 51.4 Å². The summed E-state index contributed by atoms with van der Waals surface area (Å²) in [5.41, 5.74) is 3.93. The summed E-state index contributed by atoms with van der Waals surface area (Å²) in [5.74, 6) is 0.573. The van der Waals surface area contributed by atoms with E-state index in [1.165, 1.54) is 5.56 Å². The average Bonchev–Trinajstić information content (AvgIpc) is 2.46. The van der Waals surface area contributed by atoms with Crippen LogP contribution in [0.1, 0.15) is 44.7 Å². The first kappa shape index (κ1) is 18.0. The van der Waals surface area contributed by atoms with Crippen LogP contribution in [0.5, 0.6) is 5.75 Å². The first-order chi connectivity index (χ1) is 9.90. The van der Waals surface area contributed by atoms with Crippen LogP contribution in [-0.2, 0) is 0 Å². The van der Waals surface area contributed by atoms with Crippen molar-refractivity contribution in [1.29, 1.82) is 0 Å². The minimum Gasteiger partial charge on any atom is -0.507 e. The lowest BCUT2D eigenvalue weighted by molar-refractivity contribution is 0.476. The Kier molecular flexibility index (Phi) is 6.71. The predicted molar refractivity (Wildman–Crippen MR) is 98.1 cm³/mol. The Morgan fingerprint density at radius 1 is 1.10 bits per heavy atom. The summed E-state index contributed by atoms with van der Waals surface area (Å²) < 4.78 is 0. The van der Waals surface area contributed by atoms with Crippen molar-refractivity contribution in [1.82, 2.24) is 0 Å². The molecule has 21 heavy (non-hydrogen) atoms. The smallest absolute Gasteiger partial charge is 0.123 e. The minimum atomic E-state index is 0.279. The zero-order chi connectivity index (χ0) is 16.2. The standard InChI is InChI=1S/C16H18ClOP.C2H6/c1-9(2)12-8-15(18)13(7-14(12)17)11-5-4-10(3)16(19)6-11;1-2/h4-9,18H,19H2,1-3H3;1-2H3. The average molecular weight is 323 g/mol. The predicted octanol–water partition coefficient (Wildman–Crippen LogP) is 5.67. The van der Waals surface area contributed by atoms with E-state index in [2.05, 4.69) is 30.0 Å². The molecule has 0 saturated carbocycles. The van der Waals surface area contributed by atoms with Crippen molar-refractivity contribution >= 4 is 26.1 Å². The molecule has 1 N–H and O–H groups in total. The molecule has 0 aliphatic carbocycles. The van der Waals surface area contributed by atoms with Crippen LogP contribution in [0.3, 0.4) is 0 Å². The van der Waals surface area contributed by atoms with Gasteiger partial charge in [0.2, 0.25) is 0 Å². The van der Waals surface area contributed by atoms with Crippen LogP contribution in [0.4, 0.5) is 0 Å². The van der Waals surface area contributed by atoms with Crippen molar-refractivity contribution in [2.75, 3.05) is 0 Å². The molecule has 1 atom stereocenters. The fraction of sp³-hybridized carbons (Fsp3) is 0.333. The quantitative estimate of drug-likeness (QED) is 0.706. The van der Waals surface area contributed by atoms with E-state index >= 15 is 0 Å². The van der Waals surface area contributed by atoms with Crippen molar-refractivity contribution in [3.8, 4) is 16.9 Å². The first-order valence-electron chi connectivity index (χ1n) is 7.29. The maximum Gasteiger partial charge on any atom is 0.123 e. The highest BCUT2D eigenvalue weighted by Crippen LogP contribution is 2.36. The van der Waals surface area contributed by atoms with Crippen LogP contribution in [0.25, 0.3) is 11.1 Å². The van der Waals surface area contributed by atoms with Crippen LogP contribution in [-0.4, -0.2) is 5.11 Å². The molecular weight excluding hydrogens is 299 g/mol. The topological polar surface area (TPSA) is 20.2 Å². The van der Waals surface area contributed by atoms with Crippen LogP contribution in [0, 0.1) is 6.92 Å². The van der Waals surface area contributed by atoms with E-state index in [1.54, 1.807) is 6.07 Å². The molecule has 2 aromatic rings. The third kappa shape index (κ3) is 4.22. The highest BCUT2D eigenvalue weighted by Gasteiger charge is 2.12. The molecule has 2 rings (SSSR count). The molecule has 0 spiro atoms. The van der Waals surface area contributed by atoms with Crippen LogP contribution < -0.4 is 5.30 Å². The van der Waals surface area contributed by atoms with Crippen LogP contribution in [0.2, 0.25) is 5.02 Å². The second-order valence-electron chi connectivity index (χ2n) is 5.12. The fourth-order valence-corrected chi connectivity index (χ4v) is 2.72. The zero-order valence-corrected chi connectivity index (χ0v) is 15.3. The van der Waals surface area contributed by atoms with Gasteiger partial charge in [0.05, 0.1) is 0 Å². The lowest BCUT2D eigenvalue weighted by Crippen LogP contribution is -1.97. The second kappa shape index (κ2) is 7.82. The normalized spacial score (nSPS) is 10.3. The molecule has 1 nitrogen and oxygen atoms in total. The van der Waals surface area contributed by atoms with Gasteiger partial charge < -0.3 is 5.11 Å². The van der Waals surface area contributed by atoms with E-state index in [4.69, 9.17) is 11.6 Å². The summed E-state index contributed by atoms with van der Waals surface area (Å²) in [7, 11) is 2.71. The Balaban J connectivity index is 0.00000106. The van der Waals surface area contributed by atoms with E-state index in [1.807, 2.05) is 38.1 Å². The molecule has 0 aliphatic heterocycles. The minimum absolute atomic E-state index is 0.279. The Bertz CT molecular complexity index is 621. The maximum atomic E-state index is 10.2. The van der Waals surface area contributed by atoms with Gasteiger partial charge in [0, 0.05) is 10.6 Å². The van der Waals surface area contributed by atoms with Crippen LogP contribution >= 0.6 is 20.8 Å². The number of rotatable bonds is 2. The number of hydrogen-bond donors (Lipinski definition) is 1. The van der Waals surface area contributed by atoms with Crippen molar-refractivity contribution in [2.24, 2.45) is 0 Å². The van der Waals surface area contributed by atoms with Gasteiger partial charge in [0.25, 0.3) is 0 Å². The molecule has 0 radical (unpaired) electrons. The molecule has 3 heteroatoms. The Hall–Kier alpha value is -1.04. The molecular formula is C18H24ClOP. The van der Waals surface area contributed by atoms with Gasteiger partial charge >= 0.3 is 0 Å². The van der Waals surface area contributed by atoms with Crippen molar-refractivity contribution in [3.63, 3.8) is 0 Å². The summed E-state index contributed by atoms with van der Waals surface area (Å²) in [6.07, 6.45) is 0. The molecule has 2 aromatic carbocycles. The molecule has 0 aromatic heterocycles. The SMILES string of the molecule is CC.Cc1ccc(-c2cc(Cl)c(C(C)C)cc2O)cc1P. The molecule has 0 bridgehead atoms. The van der Waals surface area contributed by atoms with E-state index in [9.17, 15) is 5.11 Å². The van der Waals surface area contributed by atoms with Gasteiger partial charge in [-0.05, 0) is 53.0 Å². The first-order valence-corrected chi connectivity index (χ1v) is 8.24. The van der Waals surface area contributed by atoms with Gasteiger partial charge in [-0.15, -0.1) is 9.24 Å². The van der Waals surface area contributed by atoms with Gasteiger partial charge in [0.15, 0.2) is 0 Å². The molecule has 0 fully saturated rings. The zero-order valence-electron chi connectivity index (χ0n) is 13.4. The van der Waals surface area contributed by atoms with E-state index in [-0.39, 0.29) is 5.75 Å². The molecule has 0 saturated heterocycles. The molecule has 0 amide bonds. The Morgan fingerprint density at radius 2 is 1.71 bits per heavy atom. The number of phenolic OH excluding ortho intramolecular Hbond substituents is 1. The molecule has 0 heterocycles. The number of hydrogen-bond acceptors (Lipinski definition) is 1. The number of phenols is 1. The Labute approximate surface area is 135 Å². The molecule has 0 aliphatic rings.